The molecule has 0 saturated carbocycles. The molecule has 2 heterocycles. The van der Waals surface area contributed by atoms with E-state index >= 15 is 0 Å². The second kappa shape index (κ2) is 12.0. The first-order valence-electron chi connectivity index (χ1n) is 12.6. The molecule has 3 aromatic rings. The lowest BCUT2D eigenvalue weighted by Crippen LogP contribution is -2.48. The Labute approximate surface area is 223 Å². The number of piperazine rings is 1. The number of aromatic nitrogens is 1. The number of benzene rings is 2. The van der Waals surface area contributed by atoms with Gasteiger partial charge in [0.2, 0.25) is 5.91 Å². The van der Waals surface area contributed by atoms with Crippen molar-refractivity contribution in [3.63, 3.8) is 0 Å². The molecule has 0 spiro atoms. The minimum absolute atomic E-state index is 0.00175. The van der Waals surface area contributed by atoms with Crippen molar-refractivity contribution in [1.82, 2.24) is 14.4 Å². The highest BCUT2D eigenvalue weighted by atomic mass is 32.2. The normalized spacial score (nSPS) is 14.6. The Balaban J connectivity index is 1.70. The third kappa shape index (κ3) is 5.95. The van der Waals surface area contributed by atoms with Crippen LogP contribution in [0.1, 0.15) is 23.0 Å². The van der Waals surface area contributed by atoms with Gasteiger partial charge in [0.25, 0.3) is 0 Å². The highest BCUT2D eigenvalue weighted by Gasteiger charge is 2.27. The van der Waals surface area contributed by atoms with Crippen LogP contribution >= 0.6 is 11.8 Å². The van der Waals surface area contributed by atoms with Crippen LogP contribution < -0.4 is 9.64 Å². The molecule has 198 valence electrons. The van der Waals surface area contributed by atoms with Gasteiger partial charge in [-0.25, -0.2) is 4.79 Å². The van der Waals surface area contributed by atoms with Gasteiger partial charge >= 0.3 is 5.97 Å². The van der Waals surface area contributed by atoms with Crippen molar-refractivity contribution in [3.8, 4) is 5.75 Å². The molecule has 1 fully saturated rings. The Hall–Kier alpha value is -3.01. The van der Waals surface area contributed by atoms with Crippen molar-refractivity contribution in [2.45, 2.75) is 17.6 Å². The van der Waals surface area contributed by atoms with E-state index in [-0.39, 0.29) is 11.9 Å². The predicted molar refractivity (Wildman–Crippen MR) is 149 cm³/mol. The average Bonchev–Trinajstić information content (AvgIpc) is 3.18. The lowest BCUT2D eigenvalue weighted by molar-refractivity contribution is -0.119. The Morgan fingerprint density at radius 1 is 1.05 bits per heavy atom. The van der Waals surface area contributed by atoms with Crippen LogP contribution in [0.25, 0.3) is 10.9 Å². The summed E-state index contributed by atoms with van der Waals surface area (Å²) in [6.07, 6.45) is 0. The number of rotatable bonds is 9. The summed E-state index contributed by atoms with van der Waals surface area (Å²) < 4.78 is 13.2. The molecular formula is C28H36N4O4S. The summed E-state index contributed by atoms with van der Waals surface area (Å²) in [5, 5.41) is 0.755. The highest BCUT2D eigenvalue weighted by molar-refractivity contribution is 7.98. The van der Waals surface area contributed by atoms with E-state index in [9.17, 15) is 9.59 Å². The number of esters is 1. The Bertz CT molecular complexity index is 1250. The molecule has 37 heavy (non-hydrogen) atoms. The highest BCUT2D eigenvalue weighted by Crippen LogP contribution is 2.38. The number of methoxy groups -OCH3 is 1. The zero-order valence-corrected chi connectivity index (χ0v) is 23.1. The first-order chi connectivity index (χ1) is 17.8. The van der Waals surface area contributed by atoms with Crippen molar-refractivity contribution in [2.24, 2.45) is 7.05 Å². The number of fused-ring (bicyclic) bond motifs is 1. The van der Waals surface area contributed by atoms with E-state index < -0.39 is 0 Å². The number of hydrogen-bond donors (Lipinski definition) is 0. The second-order valence-corrected chi connectivity index (χ2v) is 10.3. The number of nitrogens with zero attached hydrogens (tertiary/aromatic N) is 4. The van der Waals surface area contributed by atoms with Gasteiger partial charge in [0.05, 0.1) is 37.0 Å². The first kappa shape index (κ1) is 27.0. The fourth-order valence-electron chi connectivity index (χ4n) is 4.64. The number of anilines is 1. The fourth-order valence-corrected chi connectivity index (χ4v) is 5.63. The molecule has 0 radical (unpaired) electrons. The summed E-state index contributed by atoms with van der Waals surface area (Å²) in [6, 6.07) is 13.9. The molecular weight excluding hydrogens is 488 g/mol. The molecule has 8 nitrogen and oxygen atoms in total. The van der Waals surface area contributed by atoms with E-state index in [1.54, 1.807) is 37.7 Å². The van der Waals surface area contributed by atoms with Crippen LogP contribution in [-0.2, 0) is 22.3 Å². The smallest absolute Gasteiger partial charge is 0.340 e. The minimum atomic E-state index is -0.355. The first-order valence-corrected chi connectivity index (χ1v) is 13.5. The van der Waals surface area contributed by atoms with Crippen LogP contribution in [-0.4, -0.2) is 86.8 Å². The standard InChI is InChI=1S/C28H36N4O4S/c1-6-36-28(34)27-21-16-25(35-5)23(31(4)26(33)18-32-14-12-29(2)13-15-32)17-22(21)30(3)24(27)19-37-20-10-8-7-9-11-20/h7-11,16-17H,6,12-15,18-19H2,1-5H3. The number of amides is 1. The molecule has 1 aliphatic rings. The zero-order chi connectivity index (χ0) is 26.5. The van der Waals surface area contributed by atoms with Crippen LogP contribution in [0.15, 0.2) is 47.4 Å². The minimum Gasteiger partial charge on any atom is -0.495 e. The Kier molecular flexibility index (Phi) is 8.79. The maximum Gasteiger partial charge on any atom is 0.340 e. The zero-order valence-electron chi connectivity index (χ0n) is 22.3. The van der Waals surface area contributed by atoms with Gasteiger partial charge in [-0.15, -0.1) is 11.8 Å². The number of hydrogen-bond acceptors (Lipinski definition) is 7. The molecule has 4 rings (SSSR count). The number of carbonyl (C=O) groups excluding carboxylic acids is 2. The van der Waals surface area contributed by atoms with Crippen LogP contribution in [0.5, 0.6) is 5.75 Å². The number of carbonyl (C=O) groups is 2. The van der Waals surface area contributed by atoms with Gasteiger partial charge in [-0.3, -0.25) is 9.69 Å². The molecule has 1 amide bonds. The predicted octanol–water partition coefficient (Wildman–Crippen LogP) is 3.87. The van der Waals surface area contributed by atoms with Crippen molar-refractivity contribution in [3.05, 3.63) is 53.7 Å². The average molecular weight is 525 g/mol. The fraction of sp³-hybridized carbons (Fsp3) is 0.429. The van der Waals surface area contributed by atoms with E-state index in [1.807, 2.05) is 41.9 Å². The summed E-state index contributed by atoms with van der Waals surface area (Å²) in [6.45, 7) is 6.10. The van der Waals surface area contributed by atoms with Gasteiger partial charge in [-0.2, -0.15) is 0 Å². The summed E-state index contributed by atoms with van der Waals surface area (Å²) in [5.41, 5.74) is 2.93. The molecule has 0 bridgehead atoms. The monoisotopic (exact) mass is 524 g/mol. The van der Waals surface area contributed by atoms with Gasteiger partial charge < -0.3 is 23.8 Å². The lowest BCUT2D eigenvalue weighted by Gasteiger charge is -2.33. The van der Waals surface area contributed by atoms with Gasteiger partial charge in [-0.1, -0.05) is 18.2 Å². The molecule has 0 N–H and O–H groups in total. The molecule has 1 saturated heterocycles. The summed E-state index contributed by atoms with van der Waals surface area (Å²) >= 11 is 1.66. The van der Waals surface area contributed by atoms with Crippen LogP contribution in [0, 0.1) is 0 Å². The quantitative estimate of drug-likeness (QED) is 0.311. The maximum atomic E-state index is 13.2. The van der Waals surface area contributed by atoms with Crippen LogP contribution in [0.3, 0.4) is 0 Å². The van der Waals surface area contributed by atoms with Crippen molar-refractivity contribution in [1.29, 1.82) is 0 Å². The summed E-state index contributed by atoms with van der Waals surface area (Å²) in [4.78, 5) is 33.6. The third-order valence-electron chi connectivity index (χ3n) is 6.91. The second-order valence-electron chi connectivity index (χ2n) is 9.28. The molecule has 0 aliphatic carbocycles. The van der Waals surface area contributed by atoms with E-state index in [0.29, 0.717) is 35.9 Å². The van der Waals surface area contributed by atoms with Gasteiger partial charge in [0.1, 0.15) is 5.75 Å². The number of ether oxygens (including phenoxy) is 2. The molecule has 0 unspecified atom stereocenters. The molecule has 0 atom stereocenters. The van der Waals surface area contributed by atoms with Crippen molar-refractivity contribution in [2.75, 3.05) is 65.4 Å². The van der Waals surface area contributed by atoms with Gasteiger partial charge in [-0.05, 0) is 38.2 Å². The molecule has 9 heteroatoms. The molecule has 1 aliphatic heterocycles. The van der Waals surface area contributed by atoms with E-state index in [1.165, 1.54) is 0 Å². The van der Waals surface area contributed by atoms with Crippen LogP contribution in [0.2, 0.25) is 0 Å². The van der Waals surface area contributed by atoms with Crippen molar-refractivity contribution < 1.29 is 19.1 Å². The van der Waals surface area contributed by atoms with Crippen LogP contribution in [0.4, 0.5) is 5.69 Å². The number of thioether (sulfide) groups is 1. The van der Waals surface area contributed by atoms with E-state index in [0.717, 1.165) is 47.7 Å². The van der Waals surface area contributed by atoms with Gasteiger partial charge in [0, 0.05) is 62.0 Å². The largest absolute Gasteiger partial charge is 0.495 e. The van der Waals surface area contributed by atoms with E-state index in [4.69, 9.17) is 9.47 Å². The molecule has 1 aromatic heterocycles. The van der Waals surface area contributed by atoms with E-state index in [2.05, 4.69) is 29.0 Å². The maximum absolute atomic E-state index is 13.2. The molecule has 2 aromatic carbocycles. The number of likely N-dealkylation sites (N-methyl/N-ethyl adjacent to an activating group) is 2. The third-order valence-corrected chi connectivity index (χ3v) is 7.93. The van der Waals surface area contributed by atoms with Gasteiger partial charge in [0.15, 0.2) is 0 Å². The Morgan fingerprint density at radius 3 is 2.41 bits per heavy atom. The SMILES string of the molecule is CCOC(=O)c1c(CSc2ccccc2)n(C)c2cc(N(C)C(=O)CN3CCN(C)CC3)c(OC)cc12. The Morgan fingerprint density at radius 2 is 1.76 bits per heavy atom. The topological polar surface area (TPSA) is 67.2 Å². The summed E-state index contributed by atoms with van der Waals surface area (Å²) in [5.74, 6) is 0.784. The number of aryl methyl sites for hydroxylation is 1. The summed E-state index contributed by atoms with van der Waals surface area (Å²) in [7, 11) is 7.42. The van der Waals surface area contributed by atoms with Crippen molar-refractivity contribution >= 4 is 40.2 Å². The lowest BCUT2D eigenvalue weighted by atomic mass is 10.1.